The largest absolute Gasteiger partial charge is 0.378 e. The van der Waals surface area contributed by atoms with E-state index in [2.05, 4.69) is 49.9 Å². The van der Waals surface area contributed by atoms with Crippen molar-refractivity contribution in [1.29, 1.82) is 0 Å². The van der Waals surface area contributed by atoms with Crippen molar-refractivity contribution >= 4 is 11.6 Å². The summed E-state index contributed by atoms with van der Waals surface area (Å²) in [5.41, 5.74) is 3.52. The van der Waals surface area contributed by atoms with Gasteiger partial charge in [0.05, 0.1) is 12.2 Å². The van der Waals surface area contributed by atoms with E-state index in [9.17, 15) is 0 Å². The molecule has 0 radical (unpaired) electrons. The molecule has 6 nitrogen and oxygen atoms in total. The second-order valence-corrected chi connectivity index (χ2v) is 5.29. The number of nitrogens with one attached hydrogen (secondary N) is 2. The summed E-state index contributed by atoms with van der Waals surface area (Å²) in [4.78, 5) is 6.34. The average molecular weight is 300 g/mol. The first kappa shape index (κ1) is 15.9. The van der Waals surface area contributed by atoms with Crippen molar-refractivity contribution in [3.63, 3.8) is 0 Å². The standard InChI is InChI=1S/C16H24N6/c1-17-16(19-12-15-8-9-20-22(15)4)18-11-13-6-5-7-14(10-13)21(2)3/h5-10H,11-12H2,1-4H3,(H2,17,18,19). The van der Waals surface area contributed by atoms with E-state index in [1.54, 1.807) is 13.2 Å². The predicted octanol–water partition coefficient (Wildman–Crippen LogP) is 1.35. The van der Waals surface area contributed by atoms with E-state index in [-0.39, 0.29) is 0 Å². The molecule has 1 aromatic carbocycles. The molecule has 0 aliphatic rings. The van der Waals surface area contributed by atoms with E-state index in [0.29, 0.717) is 6.54 Å². The van der Waals surface area contributed by atoms with Crippen LogP contribution >= 0.6 is 0 Å². The third-order valence-corrected chi connectivity index (χ3v) is 3.47. The van der Waals surface area contributed by atoms with E-state index in [0.717, 1.165) is 18.2 Å². The van der Waals surface area contributed by atoms with Crippen LogP contribution in [0.4, 0.5) is 5.69 Å². The first-order valence-corrected chi connectivity index (χ1v) is 7.28. The normalized spacial score (nSPS) is 11.4. The lowest BCUT2D eigenvalue weighted by Crippen LogP contribution is -2.36. The molecule has 0 amide bonds. The number of hydrogen-bond donors (Lipinski definition) is 2. The zero-order valence-electron chi connectivity index (χ0n) is 13.7. The topological polar surface area (TPSA) is 57.5 Å². The molecule has 22 heavy (non-hydrogen) atoms. The van der Waals surface area contributed by atoms with Crippen LogP contribution in [0.1, 0.15) is 11.3 Å². The molecule has 0 saturated heterocycles. The Morgan fingerprint density at radius 1 is 1.23 bits per heavy atom. The molecule has 1 aromatic heterocycles. The molecule has 2 rings (SSSR count). The van der Waals surface area contributed by atoms with Crippen LogP contribution in [0.25, 0.3) is 0 Å². The van der Waals surface area contributed by atoms with E-state index >= 15 is 0 Å². The summed E-state index contributed by atoms with van der Waals surface area (Å²) in [6.45, 7) is 1.42. The van der Waals surface area contributed by atoms with Gasteiger partial charge in [-0.05, 0) is 23.8 Å². The summed E-state index contributed by atoms with van der Waals surface area (Å²) in [5.74, 6) is 0.774. The van der Waals surface area contributed by atoms with E-state index < -0.39 is 0 Å². The zero-order valence-corrected chi connectivity index (χ0v) is 13.7. The quantitative estimate of drug-likeness (QED) is 0.646. The lowest BCUT2D eigenvalue weighted by Gasteiger charge is -2.15. The Hall–Kier alpha value is -2.50. The fraction of sp³-hybridized carbons (Fsp3) is 0.375. The molecule has 0 atom stereocenters. The minimum Gasteiger partial charge on any atom is -0.378 e. The molecule has 0 bridgehead atoms. The summed E-state index contributed by atoms with van der Waals surface area (Å²) in [6, 6.07) is 10.4. The molecule has 2 aromatic rings. The average Bonchev–Trinajstić information content (AvgIpc) is 2.93. The fourth-order valence-corrected chi connectivity index (χ4v) is 2.10. The Morgan fingerprint density at radius 3 is 2.64 bits per heavy atom. The van der Waals surface area contributed by atoms with Crippen LogP contribution in [-0.2, 0) is 20.1 Å². The van der Waals surface area contributed by atoms with Gasteiger partial charge in [-0.3, -0.25) is 9.67 Å². The fourth-order valence-electron chi connectivity index (χ4n) is 2.10. The highest BCUT2D eigenvalue weighted by atomic mass is 15.3. The van der Waals surface area contributed by atoms with Crippen LogP contribution in [-0.4, -0.2) is 36.9 Å². The first-order chi connectivity index (χ1) is 10.6. The molecule has 0 aliphatic heterocycles. The van der Waals surface area contributed by atoms with Crippen LogP contribution < -0.4 is 15.5 Å². The lowest BCUT2D eigenvalue weighted by molar-refractivity contribution is 0.684. The summed E-state index contributed by atoms with van der Waals surface area (Å²) in [6.07, 6.45) is 1.79. The summed E-state index contributed by atoms with van der Waals surface area (Å²) >= 11 is 0. The Kier molecular flexibility index (Phi) is 5.41. The Bertz CT molecular complexity index is 629. The number of hydrogen-bond acceptors (Lipinski definition) is 3. The van der Waals surface area contributed by atoms with E-state index in [1.807, 2.05) is 31.9 Å². The number of aromatic nitrogens is 2. The Balaban J connectivity index is 1.89. The smallest absolute Gasteiger partial charge is 0.191 e. The van der Waals surface area contributed by atoms with Gasteiger partial charge in [-0.15, -0.1) is 0 Å². The number of aliphatic imine (C=N–C) groups is 1. The number of benzene rings is 1. The summed E-state index contributed by atoms with van der Waals surface area (Å²) < 4.78 is 1.85. The van der Waals surface area contributed by atoms with Crippen LogP contribution in [0.5, 0.6) is 0 Å². The maximum atomic E-state index is 4.24. The van der Waals surface area contributed by atoms with Crippen molar-refractivity contribution in [3.8, 4) is 0 Å². The molecule has 2 N–H and O–H groups in total. The highest BCUT2D eigenvalue weighted by molar-refractivity contribution is 5.79. The molecule has 6 heteroatoms. The third kappa shape index (κ3) is 4.25. The van der Waals surface area contributed by atoms with Crippen LogP contribution in [0.15, 0.2) is 41.5 Å². The molecule has 0 unspecified atom stereocenters. The van der Waals surface area contributed by atoms with Gasteiger partial charge in [0.25, 0.3) is 0 Å². The molecule has 0 spiro atoms. The molecule has 0 aliphatic carbocycles. The summed E-state index contributed by atoms with van der Waals surface area (Å²) in [7, 11) is 7.79. The van der Waals surface area contributed by atoms with Gasteiger partial charge in [-0.2, -0.15) is 5.10 Å². The SMILES string of the molecule is CN=C(NCc1cccc(N(C)C)c1)NCc1ccnn1C. The van der Waals surface area contributed by atoms with Gasteiger partial charge in [0, 0.05) is 46.6 Å². The van der Waals surface area contributed by atoms with E-state index in [4.69, 9.17) is 0 Å². The first-order valence-electron chi connectivity index (χ1n) is 7.28. The zero-order chi connectivity index (χ0) is 15.9. The minimum absolute atomic E-state index is 0.688. The van der Waals surface area contributed by atoms with Crippen molar-refractivity contribution in [1.82, 2.24) is 20.4 Å². The van der Waals surface area contributed by atoms with Crippen molar-refractivity contribution in [2.75, 3.05) is 26.0 Å². The second kappa shape index (κ2) is 7.49. The summed E-state index contributed by atoms with van der Waals surface area (Å²) in [5, 5.41) is 10.8. The van der Waals surface area contributed by atoms with Gasteiger partial charge in [0.15, 0.2) is 5.96 Å². The molecular formula is C16H24N6. The van der Waals surface area contributed by atoms with Crippen molar-refractivity contribution < 1.29 is 0 Å². The minimum atomic E-state index is 0.688. The highest BCUT2D eigenvalue weighted by Gasteiger charge is 2.02. The van der Waals surface area contributed by atoms with Crippen molar-refractivity contribution in [3.05, 3.63) is 47.8 Å². The molecule has 118 valence electrons. The molecular weight excluding hydrogens is 276 g/mol. The van der Waals surface area contributed by atoms with Crippen LogP contribution in [0.2, 0.25) is 0 Å². The van der Waals surface area contributed by atoms with Crippen LogP contribution in [0, 0.1) is 0 Å². The molecule has 0 fully saturated rings. The van der Waals surface area contributed by atoms with Gasteiger partial charge in [-0.25, -0.2) is 0 Å². The third-order valence-electron chi connectivity index (χ3n) is 3.47. The van der Waals surface area contributed by atoms with Crippen molar-refractivity contribution in [2.45, 2.75) is 13.1 Å². The van der Waals surface area contributed by atoms with Gasteiger partial charge in [0.1, 0.15) is 0 Å². The monoisotopic (exact) mass is 300 g/mol. The van der Waals surface area contributed by atoms with E-state index in [1.165, 1.54) is 11.3 Å². The number of anilines is 1. The molecule has 0 saturated carbocycles. The van der Waals surface area contributed by atoms with Gasteiger partial charge in [-0.1, -0.05) is 12.1 Å². The number of rotatable bonds is 5. The Morgan fingerprint density at radius 2 is 2.00 bits per heavy atom. The van der Waals surface area contributed by atoms with Gasteiger partial charge < -0.3 is 15.5 Å². The maximum Gasteiger partial charge on any atom is 0.191 e. The predicted molar refractivity (Wildman–Crippen MR) is 91.0 cm³/mol. The Labute approximate surface area is 131 Å². The number of nitrogens with zero attached hydrogens (tertiary/aromatic N) is 4. The lowest BCUT2D eigenvalue weighted by atomic mass is 10.2. The van der Waals surface area contributed by atoms with Gasteiger partial charge in [0.2, 0.25) is 0 Å². The molecule has 1 heterocycles. The number of aryl methyl sites for hydroxylation is 1. The maximum absolute atomic E-state index is 4.24. The van der Waals surface area contributed by atoms with Gasteiger partial charge >= 0.3 is 0 Å². The second-order valence-electron chi connectivity index (χ2n) is 5.29. The van der Waals surface area contributed by atoms with Crippen LogP contribution in [0.3, 0.4) is 0 Å². The van der Waals surface area contributed by atoms with Crippen molar-refractivity contribution in [2.24, 2.45) is 12.0 Å². The number of guanidine groups is 1. The highest BCUT2D eigenvalue weighted by Crippen LogP contribution is 2.13.